The van der Waals surface area contributed by atoms with Gasteiger partial charge in [-0.1, -0.05) is 0 Å². The summed E-state index contributed by atoms with van der Waals surface area (Å²) < 4.78 is 12.2. The average molecular weight is 385 g/mol. The van der Waals surface area contributed by atoms with Crippen molar-refractivity contribution in [3.05, 3.63) is 36.2 Å². The number of carbonyl (C=O) groups is 1. The molecule has 0 aliphatic heterocycles. The smallest absolute Gasteiger partial charge is 0.256 e. The molecule has 0 saturated heterocycles. The van der Waals surface area contributed by atoms with Crippen LogP contribution in [0.5, 0.6) is 11.5 Å². The number of nitrogens with zero attached hydrogens (tertiary/aromatic N) is 3. The molecule has 0 atom stereocenters. The number of aromatic nitrogens is 3. The summed E-state index contributed by atoms with van der Waals surface area (Å²) in [5.74, 6) is 1.32. The van der Waals surface area contributed by atoms with Gasteiger partial charge in [0.2, 0.25) is 5.95 Å². The Kier molecular flexibility index (Phi) is 5.80. The lowest BCUT2D eigenvalue weighted by molar-refractivity contribution is 0.100. The fourth-order valence-corrected chi connectivity index (χ4v) is 2.74. The molecule has 0 bridgehead atoms. The monoisotopic (exact) mass is 385 g/mol. The minimum Gasteiger partial charge on any atom is -0.497 e. The highest BCUT2D eigenvalue weighted by Crippen LogP contribution is 2.30. The number of amides is 1. The minimum atomic E-state index is -0.644. The van der Waals surface area contributed by atoms with Crippen LogP contribution in [0.3, 0.4) is 0 Å². The van der Waals surface area contributed by atoms with Crippen LogP contribution in [-0.4, -0.2) is 47.6 Å². The predicted molar refractivity (Wildman–Crippen MR) is 106 cm³/mol. The first-order chi connectivity index (χ1) is 13.6. The number of hydrogen-bond acceptors (Lipinski definition) is 8. The molecule has 0 aliphatic carbocycles. The molecule has 1 aromatic carbocycles. The molecule has 2 aromatic heterocycles. The Morgan fingerprint density at radius 2 is 1.93 bits per heavy atom. The maximum absolute atomic E-state index is 12.1. The summed E-state index contributed by atoms with van der Waals surface area (Å²) >= 11 is 0. The second-order valence-electron chi connectivity index (χ2n) is 5.94. The van der Waals surface area contributed by atoms with Gasteiger partial charge in [0.25, 0.3) is 5.91 Å². The van der Waals surface area contributed by atoms with E-state index in [0.717, 1.165) is 6.42 Å². The van der Waals surface area contributed by atoms with Crippen molar-refractivity contribution < 1.29 is 14.3 Å². The van der Waals surface area contributed by atoms with Crippen molar-refractivity contribution >= 4 is 29.0 Å². The van der Waals surface area contributed by atoms with E-state index >= 15 is 0 Å². The van der Waals surface area contributed by atoms with Crippen LogP contribution in [-0.2, 0) is 0 Å². The van der Waals surface area contributed by atoms with Gasteiger partial charge >= 0.3 is 0 Å². The van der Waals surface area contributed by atoms with Gasteiger partial charge in [-0.15, -0.1) is 0 Å². The van der Waals surface area contributed by atoms with Crippen LogP contribution >= 0.6 is 0 Å². The Hall–Kier alpha value is -3.53. The molecule has 6 N–H and O–H groups in total. The van der Waals surface area contributed by atoms with Crippen molar-refractivity contribution in [2.75, 3.05) is 37.9 Å². The van der Waals surface area contributed by atoms with Gasteiger partial charge in [-0.05, 0) is 13.0 Å². The summed E-state index contributed by atoms with van der Waals surface area (Å²) in [5, 5.41) is 6.33. The number of ether oxygens (including phenoxy) is 2. The van der Waals surface area contributed by atoms with Crippen LogP contribution in [0.4, 0.5) is 17.5 Å². The summed E-state index contributed by atoms with van der Waals surface area (Å²) in [7, 11) is 3.11. The largest absolute Gasteiger partial charge is 0.497 e. The number of benzene rings is 1. The van der Waals surface area contributed by atoms with Crippen molar-refractivity contribution in [3.63, 3.8) is 0 Å². The molecule has 2 heterocycles. The van der Waals surface area contributed by atoms with Gasteiger partial charge < -0.3 is 31.6 Å². The van der Waals surface area contributed by atoms with E-state index < -0.39 is 5.91 Å². The quantitative estimate of drug-likeness (QED) is 0.404. The van der Waals surface area contributed by atoms with Gasteiger partial charge in [0, 0.05) is 42.8 Å². The van der Waals surface area contributed by atoms with E-state index in [1.54, 1.807) is 49.2 Å². The average Bonchev–Trinajstić information content (AvgIpc) is 3.17. The third-order valence-corrected chi connectivity index (χ3v) is 4.07. The molecule has 3 rings (SSSR count). The number of carbonyl (C=O) groups excluding carboxylic acids is 1. The number of nitrogens with one attached hydrogen (secondary N) is 2. The van der Waals surface area contributed by atoms with E-state index in [0.29, 0.717) is 41.9 Å². The summed E-state index contributed by atoms with van der Waals surface area (Å²) in [6.07, 6.45) is 4.05. The van der Waals surface area contributed by atoms with Crippen LogP contribution in [0.25, 0.3) is 5.65 Å². The Morgan fingerprint density at radius 1 is 1.21 bits per heavy atom. The lowest BCUT2D eigenvalue weighted by Crippen LogP contribution is -2.19. The molecule has 0 unspecified atom stereocenters. The molecule has 0 spiro atoms. The number of rotatable bonds is 9. The second kappa shape index (κ2) is 8.44. The first-order valence-electron chi connectivity index (χ1n) is 8.68. The Bertz CT molecular complexity index is 964. The number of hydrogen-bond donors (Lipinski definition) is 4. The van der Waals surface area contributed by atoms with Crippen LogP contribution in [0, 0.1) is 0 Å². The number of anilines is 3. The molecule has 10 nitrogen and oxygen atoms in total. The van der Waals surface area contributed by atoms with E-state index in [-0.39, 0.29) is 11.4 Å². The zero-order chi connectivity index (χ0) is 20.1. The number of nitrogens with two attached hydrogens (primary N) is 2. The highest BCUT2D eigenvalue weighted by Gasteiger charge is 2.20. The molecule has 10 heteroatoms. The van der Waals surface area contributed by atoms with Crippen molar-refractivity contribution in [3.8, 4) is 11.5 Å². The van der Waals surface area contributed by atoms with Gasteiger partial charge in [-0.25, -0.2) is 4.98 Å². The van der Waals surface area contributed by atoms with E-state index in [1.165, 1.54) is 0 Å². The molecule has 1 amide bonds. The topological polar surface area (TPSA) is 142 Å². The maximum Gasteiger partial charge on any atom is 0.256 e. The van der Waals surface area contributed by atoms with Crippen LogP contribution in [0.1, 0.15) is 16.8 Å². The highest BCUT2D eigenvalue weighted by atomic mass is 16.5. The van der Waals surface area contributed by atoms with Crippen LogP contribution in [0.15, 0.2) is 30.6 Å². The number of primary amides is 1. The molecule has 0 saturated carbocycles. The fourth-order valence-electron chi connectivity index (χ4n) is 2.74. The van der Waals surface area contributed by atoms with Gasteiger partial charge in [0.1, 0.15) is 17.1 Å². The maximum atomic E-state index is 12.1. The molecule has 0 radical (unpaired) electrons. The molecule has 28 heavy (non-hydrogen) atoms. The van der Waals surface area contributed by atoms with Crippen molar-refractivity contribution in [1.29, 1.82) is 0 Å². The summed E-state index contributed by atoms with van der Waals surface area (Å²) in [5.41, 5.74) is 12.4. The third-order valence-electron chi connectivity index (χ3n) is 4.07. The van der Waals surface area contributed by atoms with Crippen LogP contribution < -0.4 is 31.6 Å². The zero-order valence-corrected chi connectivity index (χ0v) is 15.7. The first kappa shape index (κ1) is 19.2. The third kappa shape index (κ3) is 3.91. The molecule has 0 aliphatic rings. The van der Waals surface area contributed by atoms with Gasteiger partial charge in [-0.3, -0.25) is 9.20 Å². The Labute approximate surface area is 161 Å². The highest BCUT2D eigenvalue weighted by molar-refractivity contribution is 6.04. The summed E-state index contributed by atoms with van der Waals surface area (Å²) in [6.45, 7) is 1.17. The van der Waals surface area contributed by atoms with Crippen molar-refractivity contribution in [1.82, 2.24) is 14.4 Å². The molecule has 148 valence electrons. The first-order valence-corrected chi connectivity index (χ1v) is 8.68. The van der Waals surface area contributed by atoms with Gasteiger partial charge in [-0.2, -0.15) is 4.98 Å². The van der Waals surface area contributed by atoms with Gasteiger partial charge in [0.15, 0.2) is 11.5 Å². The number of fused-ring (bicyclic) bond motifs is 1. The lowest BCUT2D eigenvalue weighted by Gasteiger charge is -2.15. The number of imidazole rings is 1. The number of methoxy groups -OCH3 is 2. The van der Waals surface area contributed by atoms with E-state index in [4.69, 9.17) is 20.9 Å². The molecule has 0 fully saturated rings. The Morgan fingerprint density at radius 3 is 2.54 bits per heavy atom. The standard InChI is InChI=1S/C18H23N7O3/c1-27-12-8-11(9-13(10-12)28-2)23-16-14(15(20)26)17-21-6-7-25(17)18(24-16)22-5-3-4-19/h6-10,23H,3-5,19H2,1-2H3,(H2,20,26)(H,22,24). The fraction of sp³-hybridized carbons (Fsp3) is 0.278. The second-order valence-corrected chi connectivity index (χ2v) is 5.94. The summed E-state index contributed by atoms with van der Waals surface area (Å²) in [4.78, 5) is 21.0. The predicted octanol–water partition coefficient (Wildman–Crippen LogP) is 1.35. The minimum absolute atomic E-state index is 0.177. The molecular formula is C18H23N7O3. The van der Waals surface area contributed by atoms with Gasteiger partial charge in [0.05, 0.1) is 14.2 Å². The normalized spacial score (nSPS) is 10.7. The molecule has 3 aromatic rings. The SMILES string of the molecule is COc1cc(Nc2nc(NCCCN)n3ccnc3c2C(N)=O)cc(OC)c1. The van der Waals surface area contributed by atoms with Crippen molar-refractivity contribution in [2.45, 2.75) is 6.42 Å². The Balaban J connectivity index is 2.08. The van der Waals surface area contributed by atoms with E-state index in [9.17, 15) is 4.79 Å². The van der Waals surface area contributed by atoms with E-state index in [2.05, 4.69) is 20.6 Å². The summed E-state index contributed by atoms with van der Waals surface area (Å²) in [6, 6.07) is 5.25. The van der Waals surface area contributed by atoms with E-state index in [1.807, 2.05) is 0 Å². The zero-order valence-electron chi connectivity index (χ0n) is 15.7. The molecular weight excluding hydrogens is 362 g/mol. The van der Waals surface area contributed by atoms with Crippen molar-refractivity contribution in [2.24, 2.45) is 11.5 Å². The van der Waals surface area contributed by atoms with Crippen LogP contribution in [0.2, 0.25) is 0 Å². The lowest BCUT2D eigenvalue weighted by atomic mass is 10.2.